The van der Waals surface area contributed by atoms with Crippen LogP contribution in [0.25, 0.3) is 11.4 Å². The van der Waals surface area contributed by atoms with Crippen molar-refractivity contribution in [1.82, 2.24) is 25.0 Å². The highest BCUT2D eigenvalue weighted by Crippen LogP contribution is 2.24. The number of carbonyl (C=O) groups excluding carboxylic acids is 1. The predicted octanol–water partition coefficient (Wildman–Crippen LogP) is 4.52. The van der Waals surface area contributed by atoms with E-state index in [1.165, 1.54) is 22.9 Å². The molecule has 6 nitrogen and oxygen atoms in total. The fourth-order valence-corrected chi connectivity index (χ4v) is 4.44. The Morgan fingerprint density at radius 2 is 1.78 bits per heavy atom. The van der Waals surface area contributed by atoms with Crippen molar-refractivity contribution in [2.45, 2.75) is 52.5 Å². The Hall–Kier alpha value is -2.64. The van der Waals surface area contributed by atoms with Crippen molar-refractivity contribution >= 4 is 17.7 Å². The third-order valence-corrected chi connectivity index (χ3v) is 6.39. The molecule has 0 bridgehead atoms. The van der Waals surface area contributed by atoms with Gasteiger partial charge < -0.3 is 9.88 Å². The van der Waals surface area contributed by atoms with Crippen molar-refractivity contribution in [3.05, 3.63) is 65.2 Å². The van der Waals surface area contributed by atoms with Crippen LogP contribution < -0.4 is 5.32 Å². The van der Waals surface area contributed by atoms with Gasteiger partial charge in [0.1, 0.15) is 0 Å². The summed E-state index contributed by atoms with van der Waals surface area (Å²) >= 11 is 1.42. The molecule has 0 atom stereocenters. The van der Waals surface area contributed by atoms with E-state index in [1.54, 1.807) is 0 Å². The summed E-state index contributed by atoms with van der Waals surface area (Å²) < 4.78 is 2.06. The molecule has 0 saturated heterocycles. The Morgan fingerprint density at radius 1 is 1.03 bits per heavy atom. The van der Waals surface area contributed by atoms with E-state index in [0.29, 0.717) is 12.3 Å². The minimum Gasteiger partial charge on any atom is -0.351 e. The number of thioether (sulfide) groups is 1. The first-order valence-electron chi connectivity index (χ1n) is 11.2. The predicted molar refractivity (Wildman–Crippen MR) is 132 cm³/mol. The smallest absolute Gasteiger partial charge is 0.230 e. The maximum Gasteiger partial charge on any atom is 0.230 e. The second-order valence-electron chi connectivity index (χ2n) is 7.77. The van der Waals surface area contributed by atoms with Gasteiger partial charge in [-0.3, -0.25) is 9.69 Å². The molecule has 3 rings (SSSR count). The quantitative estimate of drug-likeness (QED) is 0.434. The molecule has 1 aromatic heterocycles. The summed E-state index contributed by atoms with van der Waals surface area (Å²) in [7, 11) is 0. The molecule has 0 unspecified atom stereocenters. The molecule has 0 radical (unpaired) electrons. The summed E-state index contributed by atoms with van der Waals surface area (Å²) in [4.78, 5) is 14.8. The van der Waals surface area contributed by atoms with Crippen LogP contribution in [0.5, 0.6) is 0 Å². The van der Waals surface area contributed by atoms with Crippen molar-refractivity contribution in [2.75, 3.05) is 18.8 Å². The van der Waals surface area contributed by atoms with E-state index in [9.17, 15) is 4.79 Å². The molecule has 1 heterocycles. The molecule has 32 heavy (non-hydrogen) atoms. The van der Waals surface area contributed by atoms with Gasteiger partial charge in [-0.15, -0.1) is 10.2 Å². The normalized spacial score (nSPS) is 11.2. The van der Waals surface area contributed by atoms with Crippen LogP contribution in [0, 0.1) is 6.92 Å². The lowest BCUT2D eigenvalue weighted by molar-refractivity contribution is -0.118. The van der Waals surface area contributed by atoms with Crippen molar-refractivity contribution in [2.24, 2.45) is 0 Å². The van der Waals surface area contributed by atoms with E-state index in [2.05, 4.69) is 89.1 Å². The van der Waals surface area contributed by atoms with Gasteiger partial charge in [0, 0.05) is 25.2 Å². The number of hydrogen-bond acceptors (Lipinski definition) is 5. The third-order valence-electron chi connectivity index (χ3n) is 5.42. The van der Waals surface area contributed by atoms with Crippen LogP contribution in [0.2, 0.25) is 0 Å². The zero-order valence-corrected chi connectivity index (χ0v) is 20.3. The van der Waals surface area contributed by atoms with Crippen LogP contribution >= 0.6 is 11.8 Å². The van der Waals surface area contributed by atoms with Crippen molar-refractivity contribution < 1.29 is 4.79 Å². The van der Waals surface area contributed by atoms with Crippen LogP contribution in [-0.2, 0) is 24.4 Å². The number of carbonyl (C=O) groups is 1. The highest BCUT2D eigenvalue weighted by atomic mass is 32.2. The SMILES string of the molecule is CCN(CC)Cc1cccc(CNC(=O)CSc2nnc(-c3cccc(C)c3)n2CC)c1. The standard InChI is InChI=1S/C25H33N5OS/c1-5-29(6-2)17-21-12-9-11-20(15-21)16-26-23(31)18-32-25-28-27-24(30(25)7-3)22-13-8-10-19(4)14-22/h8-15H,5-7,16-18H2,1-4H3,(H,26,31). The molecule has 0 aliphatic rings. The highest BCUT2D eigenvalue weighted by molar-refractivity contribution is 7.99. The van der Waals surface area contributed by atoms with Crippen LogP contribution in [-0.4, -0.2) is 44.4 Å². The number of nitrogens with zero attached hydrogens (tertiary/aromatic N) is 4. The number of benzene rings is 2. The Bertz CT molecular complexity index is 1030. The van der Waals surface area contributed by atoms with Gasteiger partial charge >= 0.3 is 0 Å². The lowest BCUT2D eigenvalue weighted by Crippen LogP contribution is -2.25. The van der Waals surface area contributed by atoms with E-state index >= 15 is 0 Å². The third kappa shape index (κ3) is 6.43. The van der Waals surface area contributed by atoms with E-state index in [1.807, 2.05) is 12.1 Å². The van der Waals surface area contributed by atoms with Crippen molar-refractivity contribution in [3.63, 3.8) is 0 Å². The van der Waals surface area contributed by atoms with Crippen LogP contribution in [0.1, 0.15) is 37.5 Å². The number of aromatic nitrogens is 3. The molecule has 0 spiro atoms. The summed E-state index contributed by atoms with van der Waals surface area (Å²) in [5.41, 5.74) is 4.61. The Morgan fingerprint density at radius 3 is 2.50 bits per heavy atom. The summed E-state index contributed by atoms with van der Waals surface area (Å²) in [6.07, 6.45) is 0. The number of hydrogen-bond donors (Lipinski definition) is 1. The summed E-state index contributed by atoms with van der Waals surface area (Å²) in [5, 5.41) is 12.5. The van der Waals surface area contributed by atoms with Crippen LogP contribution in [0.4, 0.5) is 0 Å². The van der Waals surface area contributed by atoms with Crippen LogP contribution in [0.3, 0.4) is 0 Å². The monoisotopic (exact) mass is 451 g/mol. The maximum absolute atomic E-state index is 12.5. The molecule has 0 fully saturated rings. The Kier molecular flexibility index (Phi) is 8.88. The summed E-state index contributed by atoms with van der Waals surface area (Å²) in [6.45, 7) is 12.8. The van der Waals surface area contributed by atoms with Gasteiger partial charge in [-0.1, -0.05) is 73.6 Å². The average Bonchev–Trinajstić information content (AvgIpc) is 3.23. The van der Waals surface area contributed by atoms with Gasteiger partial charge in [0.15, 0.2) is 11.0 Å². The molecular formula is C25H33N5OS. The lowest BCUT2D eigenvalue weighted by atomic mass is 10.1. The molecule has 0 saturated carbocycles. The second kappa shape index (κ2) is 11.8. The molecule has 2 aromatic carbocycles. The highest BCUT2D eigenvalue weighted by Gasteiger charge is 2.14. The second-order valence-corrected chi connectivity index (χ2v) is 8.71. The first-order valence-corrected chi connectivity index (χ1v) is 12.2. The van der Waals surface area contributed by atoms with E-state index in [-0.39, 0.29) is 5.91 Å². The molecule has 170 valence electrons. The molecular weight excluding hydrogens is 418 g/mol. The minimum absolute atomic E-state index is 0.00750. The molecule has 7 heteroatoms. The minimum atomic E-state index is -0.00750. The Balaban J connectivity index is 1.56. The van der Waals surface area contributed by atoms with Crippen LogP contribution in [0.15, 0.2) is 53.7 Å². The zero-order valence-electron chi connectivity index (χ0n) is 19.5. The fraction of sp³-hybridized carbons (Fsp3) is 0.400. The van der Waals surface area contributed by atoms with Crippen molar-refractivity contribution in [3.8, 4) is 11.4 Å². The first-order chi connectivity index (χ1) is 15.5. The van der Waals surface area contributed by atoms with E-state index in [4.69, 9.17) is 0 Å². The maximum atomic E-state index is 12.5. The first kappa shape index (κ1) is 24.0. The summed E-state index contributed by atoms with van der Waals surface area (Å²) in [6, 6.07) is 16.7. The number of nitrogens with one attached hydrogen (secondary N) is 1. The van der Waals surface area contributed by atoms with Crippen molar-refractivity contribution in [1.29, 1.82) is 0 Å². The van der Waals surface area contributed by atoms with Gasteiger partial charge in [0.05, 0.1) is 5.75 Å². The number of aryl methyl sites for hydroxylation is 1. The van der Waals surface area contributed by atoms with Gasteiger partial charge in [-0.2, -0.15) is 0 Å². The molecule has 1 N–H and O–H groups in total. The topological polar surface area (TPSA) is 63.1 Å². The fourth-order valence-electron chi connectivity index (χ4n) is 3.60. The van der Waals surface area contributed by atoms with Gasteiger partial charge in [-0.25, -0.2) is 0 Å². The summed E-state index contributed by atoms with van der Waals surface area (Å²) in [5.74, 6) is 1.14. The lowest BCUT2D eigenvalue weighted by Gasteiger charge is -2.18. The molecule has 1 amide bonds. The molecule has 0 aliphatic carbocycles. The van der Waals surface area contributed by atoms with E-state index < -0.39 is 0 Å². The van der Waals surface area contributed by atoms with Gasteiger partial charge in [0.25, 0.3) is 0 Å². The molecule has 0 aliphatic heterocycles. The molecule has 3 aromatic rings. The van der Waals surface area contributed by atoms with E-state index in [0.717, 1.165) is 48.3 Å². The largest absolute Gasteiger partial charge is 0.351 e. The van der Waals surface area contributed by atoms with Gasteiger partial charge in [-0.05, 0) is 44.1 Å². The Labute approximate surface area is 195 Å². The van der Waals surface area contributed by atoms with Gasteiger partial charge in [0.2, 0.25) is 5.91 Å². The number of rotatable bonds is 11. The average molecular weight is 452 g/mol. The number of amides is 1. The zero-order chi connectivity index (χ0) is 22.9.